The molecule has 0 saturated carbocycles. The maximum atomic E-state index is 13.6. The molecule has 0 aliphatic rings. The van der Waals surface area contributed by atoms with Crippen LogP contribution in [0.5, 0.6) is 5.75 Å². The van der Waals surface area contributed by atoms with E-state index in [2.05, 4.69) is 0 Å². The molecule has 0 aliphatic heterocycles. The lowest BCUT2D eigenvalue weighted by atomic mass is 10.0. The van der Waals surface area contributed by atoms with E-state index in [4.69, 9.17) is 16.2 Å². The molecule has 6 heteroatoms. The molecule has 0 heterocycles. The van der Waals surface area contributed by atoms with E-state index >= 15 is 0 Å². The Hall–Kier alpha value is -0.910. The minimum atomic E-state index is -0.751. The van der Waals surface area contributed by atoms with Crippen molar-refractivity contribution in [2.45, 2.75) is 12.5 Å². The van der Waals surface area contributed by atoms with Crippen LogP contribution in [0, 0.1) is 11.6 Å². The second kappa shape index (κ2) is 6.62. The van der Waals surface area contributed by atoms with E-state index in [0.717, 1.165) is 6.07 Å². The highest BCUT2D eigenvalue weighted by molar-refractivity contribution is 5.85. The zero-order chi connectivity index (χ0) is 11.4. The van der Waals surface area contributed by atoms with Crippen LogP contribution in [0.3, 0.4) is 0 Å². The summed E-state index contributed by atoms with van der Waals surface area (Å²) in [6.07, 6.45) is 0.320. The molecule has 0 aromatic heterocycles. The van der Waals surface area contributed by atoms with Crippen LogP contribution in [-0.4, -0.2) is 13.7 Å². The summed E-state index contributed by atoms with van der Waals surface area (Å²) in [4.78, 5) is 0. The Morgan fingerprint density at radius 2 is 2.00 bits per heavy atom. The molecule has 0 amide bonds. The summed E-state index contributed by atoms with van der Waals surface area (Å²) in [6.45, 7) is 0.275. The van der Waals surface area contributed by atoms with Crippen molar-refractivity contribution in [1.82, 2.24) is 0 Å². The largest absolute Gasteiger partial charge is 0.494 e. The first-order valence-corrected chi connectivity index (χ1v) is 4.59. The summed E-state index contributed by atoms with van der Waals surface area (Å²) in [5.74, 6) is -1.44. The molecule has 16 heavy (non-hydrogen) atoms. The van der Waals surface area contributed by atoms with Crippen molar-refractivity contribution in [2.24, 2.45) is 11.5 Å². The molecular formula is C10H15ClF2N2O. The van der Waals surface area contributed by atoms with E-state index in [1.165, 1.54) is 13.2 Å². The summed E-state index contributed by atoms with van der Waals surface area (Å²) in [5, 5.41) is 0. The van der Waals surface area contributed by atoms with Crippen LogP contribution in [0.25, 0.3) is 0 Å². The molecule has 0 bridgehead atoms. The van der Waals surface area contributed by atoms with Crippen LogP contribution >= 0.6 is 12.4 Å². The first-order chi connectivity index (χ1) is 7.11. The van der Waals surface area contributed by atoms with E-state index in [-0.39, 0.29) is 30.3 Å². The van der Waals surface area contributed by atoms with Crippen LogP contribution in [0.2, 0.25) is 0 Å². The zero-order valence-electron chi connectivity index (χ0n) is 8.87. The summed E-state index contributed by atoms with van der Waals surface area (Å²) in [5.41, 5.74) is 10.7. The average molecular weight is 253 g/mol. The van der Waals surface area contributed by atoms with E-state index in [1.54, 1.807) is 0 Å². The number of hydrogen-bond donors (Lipinski definition) is 2. The Morgan fingerprint density at radius 1 is 1.38 bits per heavy atom. The van der Waals surface area contributed by atoms with Gasteiger partial charge in [-0.3, -0.25) is 0 Å². The van der Waals surface area contributed by atoms with Crippen molar-refractivity contribution in [1.29, 1.82) is 0 Å². The second-order valence-electron chi connectivity index (χ2n) is 3.16. The molecule has 0 radical (unpaired) electrons. The van der Waals surface area contributed by atoms with Gasteiger partial charge in [0.25, 0.3) is 0 Å². The van der Waals surface area contributed by atoms with Crippen molar-refractivity contribution >= 4 is 12.4 Å². The minimum Gasteiger partial charge on any atom is -0.494 e. The van der Waals surface area contributed by atoms with Crippen LogP contribution in [0.15, 0.2) is 12.1 Å². The first kappa shape index (κ1) is 15.1. The van der Waals surface area contributed by atoms with Crippen LogP contribution in [-0.2, 0) is 0 Å². The van der Waals surface area contributed by atoms with Gasteiger partial charge in [0, 0.05) is 11.6 Å². The number of methoxy groups -OCH3 is 1. The van der Waals surface area contributed by atoms with Crippen molar-refractivity contribution in [3.8, 4) is 5.75 Å². The average Bonchev–Trinajstić information content (AvgIpc) is 2.18. The Morgan fingerprint density at radius 3 is 2.50 bits per heavy atom. The highest BCUT2D eigenvalue weighted by Crippen LogP contribution is 2.27. The highest BCUT2D eigenvalue weighted by Gasteiger charge is 2.19. The summed E-state index contributed by atoms with van der Waals surface area (Å²) < 4.78 is 31.7. The monoisotopic (exact) mass is 252 g/mol. The normalized spacial score (nSPS) is 11.8. The molecule has 0 saturated heterocycles. The maximum Gasteiger partial charge on any atom is 0.172 e. The lowest BCUT2D eigenvalue weighted by Gasteiger charge is -2.14. The molecule has 0 unspecified atom stereocenters. The SMILES string of the molecule is COc1ccc(F)c([C@@H](N)CCN)c1F.Cl. The molecule has 4 N–H and O–H groups in total. The first-order valence-electron chi connectivity index (χ1n) is 4.59. The van der Waals surface area contributed by atoms with Crippen LogP contribution in [0.1, 0.15) is 18.0 Å². The predicted octanol–water partition coefficient (Wildman–Crippen LogP) is 1.74. The fourth-order valence-corrected chi connectivity index (χ4v) is 1.37. The Balaban J connectivity index is 0.00000225. The zero-order valence-corrected chi connectivity index (χ0v) is 9.69. The topological polar surface area (TPSA) is 61.3 Å². The molecule has 1 atom stereocenters. The van der Waals surface area contributed by atoms with Crippen molar-refractivity contribution in [2.75, 3.05) is 13.7 Å². The number of nitrogens with two attached hydrogens (primary N) is 2. The highest BCUT2D eigenvalue weighted by atomic mass is 35.5. The van der Waals surface area contributed by atoms with E-state index in [0.29, 0.717) is 6.42 Å². The van der Waals surface area contributed by atoms with E-state index in [1.807, 2.05) is 0 Å². The van der Waals surface area contributed by atoms with Gasteiger partial charge in [0.1, 0.15) is 5.82 Å². The lowest BCUT2D eigenvalue weighted by Crippen LogP contribution is -2.18. The summed E-state index contributed by atoms with van der Waals surface area (Å²) in [7, 11) is 1.31. The van der Waals surface area contributed by atoms with Gasteiger partial charge >= 0.3 is 0 Å². The Labute approximate surface area is 99.2 Å². The van der Waals surface area contributed by atoms with Gasteiger partial charge in [0.15, 0.2) is 11.6 Å². The summed E-state index contributed by atoms with van der Waals surface area (Å²) >= 11 is 0. The quantitative estimate of drug-likeness (QED) is 0.858. The number of benzene rings is 1. The molecule has 1 aromatic carbocycles. The smallest absolute Gasteiger partial charge is 0.172 e. The predicted molar refractivity (Wildman–Crippen MR) is 60.8 cm³/mol. The van der Waals surface area contributed by atoms with Crippen LogP contribution < -0.4 is 16.2 Å². The van der Waals surface area contributed by atoms with Gasteiger partial charge in [0.05, 0.1) is 7.11 Å². The third kappa shape index (κ3) is 3.04. The molecule has 1 rings (SSSR count). The van der Waals surface area contributed by atoms with Gasteiger partial charge in [-0.25, -0.2) is 8.78 Å². The molecule has 92 valence electrons. The van der Waals surface area contributed by atoms with Gasteiger partial charge in [-0.05, 0) is 25.1 Å². The van der Waals surface area contributed by atoms with Crippen molar-refractivity contribution in [3.63, 3.8) is 0 Å². The lowest BCUT2D eigenvalue weighted by molar-refractivity contribution is 0.377. The molecule has 0 fully saturated rings. The number of hydrogen-bond acceptors (Lipinski definition) is 3. The summed E-state index contributed by atoms with van der Waals surface area (Å²) in [6, 6.07) is 1.61. The van der Waals surface area contributed by atoms with Gasteiger partial charge in [-0.2, -0.15) is 0 Å². The van der Waals surface area contributed by atoms with Gasteiger partial charge in [-0.15, -0.1) is 12.4 Å². The van der Waals surface area contributed by atoms with Crippen molar-refractivity contribution < 1.29 is 13.5 Å². The maximum absolute atomic E-state index is 13.6. The van der Waals surface area contributed by atoms with E-state index < -0.39 is 17.7 Å². The number of ether oxygens (including phenoxy) is 1. The Bertz CT molecular complexity index is 350. The fourth-order valence-electron chi connectivity index (χ4n) is 1.37. The fraction of sp³-hybridized carbons (Fsp3) is 0.400. The van der Waals surface area contributed by atoms with Gasteiger partial charge in [0.2, 0.25) is 0 Å². The number of rotatable bonds is 4. The molecular weight excluding hydrogens is 238 g/mol. The third-order valence-corrected chi connectivity index (χ3v) is 2.16. The third-order valence-electron chi connectivity index (χ3n) is 2.16. The standard InChI is InChI=1S/C10H14F2N2O.ClH/c1-15-8-3-2-6(11)9(10(8)12)7(14)4-5-13;/h2-3,7H,4-5,13-14H2,1H3;1H/t7-;/m0./s1. The second-order valence-corrected chi connectivity index (χ2v) is 3.16. The number of halogens is 3. The minimum absolute atomic E-state index is 0. The van der Waals surface area contributed by atoms with E-state index in [9.17, 15) is 8.78 Å². The van der Waals surface area contributed by atoms with Gasteiger partial charge in [-0.1, -0.05) is 0 Å². The van der Waals surface area contributed by atoms with Gasteiger partial charge < -0.3 is 16.2 Å². The van der Waals surface area contributed by atoms with Crippen molar-refractivity contribution in [3.05, 3.63) is 29.3 Å². The van der Waals surface area contributed by atoms with Crippen LogP contribution in [0.4, 0.5) is 8.78 Å². The Kier molecular flexibility index (Phi) is 6.25. The molecule has 1 aromatic rings. The molecule has 0 spiro atoms. The molecule has 0 aliphatic carbocycles. The molecule has 3 nitrogen and oxygen atoms in total.